The second kappa shape index (κ2) is 8.40. The monoisotopic (exact) mass is 266 g/mol. The highest BCUT2D eigenvalue weighted by Gasteiger charge is 2.07. The Labute approximate surface area is 112 Å². The van der Waals surface area contributed by atoms with E-state index >= 15 is 0 Å². The SMILES string of the molecule is CCOC(=O)CCCCCC(=O)c1cccc(F)c1. The van der Waals surface area contributed by atoms with Gasteiger partial charge in [-0.2, -0.15) is 0 Å². The summed E-state index contributed by atoms with van der Waals surface area (Å²) in [4.78, 5) is 22.8. The van der Waals surface area contributed by atoms with Crippen LogP contribution in [0.4, 0.5) is 4.39 Å². The maximum Gasteiger partial charge on any atom is 0.305 e. The van der Waals surface area contributed by atoms with E-state index in [0.29, 0.717) is 31.4 Å². The number of halogens is 1. The molecule has 1 aromatic rings. The first-order chi connectivity index (χ1) is 9.13. The molecule has 0 saturated carbocycles. The van der Waals surface area contributed by atoms with Gasteiger partial charge in [0, 0.05) is 18.4 Å². The van der Waals surface area contributed by atoms with Gasteiger partial charge < -0.3 is 4.74 Å². The van der Waals surface area contributed by atoms with Gasteiger partial charge in [0.25, 0.3) is 0 Å². The largest absolute Gasteiger partial charge is 0.466 e. The van der Waals surface area contributed by atoms with Crippen LogP contribution in [0.15, 0.2) is 24.3 Å². The van der Waals surface area contributed by atoms with Crippen LogP contribution in [-0.4, -0.2) is 18.4 Å². The van der Waals surface area contributed by atoms with E-state index < -0.39 is 5.82 Å². The number of hydrogen-bond donors (Lipinski definition) is 0. The Kier molecular flexibility index (Phi) is 6.79. The lowest BCUT2D eigenvalue weighted by atomic mass is 10.0. The van der Waals surface area contributed by atoms with Gasteiger partial charge in [0.2, 0.25) is 0 Å². The fourth-order valence-electron chi connectivity index (χ4n) is 1.77. The number of Topliss-reactive ketones (excluding diaryl/α,β-unsaturated/α-hetero) is 1. The molecule has 0 atom stereocenters. The smallest absolute Gasteiger partial charge is 0.305 e. The molecule has 0 aliphatic rings. The Balaban J connectivity index is 2.19. The fourth-order valence-corrected chi connectivity index (χ4v) is 1.77. The Hall–Kier alpha value is -1.71. The third-order valence-electron chi connectivity index (χ3n) is 2.74. The molecule has 0 saturated heterocycles. The van der Waals surface area contributed by atoms with E-state index in [-0.39, 0.29) is 11.8 Å². The van der Waals surface area contributed by atoms with Gasteiger partial charge in [0.15, 0.2) is 5.78 Å². The Bertz CT molecular complexity index is 429. The predicted molar refractivity (Wildman–Crippen MR) is 70.4 cm³/mol. The van der Waals surface area contributed by atoms with Crippen LogP contribution < -0.4 is 0 Å². The van der Waals surface area contributed by atoms with E-state index in [9.17, 15) is 14.0 Å². The van der Waals surface area contributed by atoms with Crippen LogP contribution in [-0.2, 0) is 9.53 Å². The number of ether oxygens (including phenoxy) is 1. The molecule has 0 N–H and O–H groups in total. The summed E-state index contributed by atoms with van der Waals surface area (Å²) in [5, 5.41) is 0. The molecule has 0 bridgehead atoms. The van der Waals surface area contributed by atoms with Crippen LogP contribution in [0.25, 0.3) is 0 Å². The second-order valence-electron chi connectivity index (χ2n) is 4.30. The molecular formula is C15H19FO3. The lowest BCUT2D eigenvalue weighted by Gasteiger charge is -2.02. The third kappa shape index (κ3) is 6.13. The molecular weight excluding hydrogens is 247 g/mol. The highest BCUT2D eigenvalue weighted by atomic mass is 19.1. The molecule has 1 aromatic carbocycles. The van der Waals surface area contributed by atoms with Crippen LogP contribution in [0, 0.1) is 5.82 Å². The van der Waals surface area contributed by atoms with E-state index in [0.717, 1.165) is 12.8 Å². The number of esters is 1. The van der Waals surface area contributed by atoms with Crippen LogP contribution in [0.5, 0.6) is 0 Å². The molecule has 0 spiro atoms. The number of carbonyl (C=O) groups excluding carboxylic acids is 2. The molecule has 0 unspecified atom stereocenters. The first-order valence-corrected chi connectivity index (χ1v) is 6.58. The molecule has 3 nitrogen and oxygen atoms in total. The van der Waals surface area contributed by atoms with Gasteiger partial charge in [-0.1, -0.05) is 18.6 Å². The van der Waals surface area contributed by atoms with Crippen molar-refractivity contribution < 1.29 is 18.7 Å². The minimum atomic E-state index is -0.395. The molecule has 1 rings (SSSR count). The lowest BCUT2D eigenvalue weighted by molar-refractivity contribution is -0.143. The summed E-state index contributed by atoms with van der Waals surface area (Å²) in [5.41, 5.74) is 0.408. The van der Waals surface area contributed by atoms with E-state index in [1.165, 1.54) is 18.2 Å². The summed E-state index contributed by atoms with van der Waals surface area (Å²) in [6.07, 6.45) is 2.98. The number of carbonyl (C=O) groups is 2. The minimum Gasteiger partial charge on any atom is -0.466 e. The van der Waals surface area contributed by atoms with Crippen molar-refractivity contribution in [1.82, 2.24) is 0 Å². The van der Waals surface area contributed by atoms with Crippen molar-refractivity contribution in [3.63, 3.8) is 0 Å². The summed E-state index contributed by atoms with van der Waals surface area (Å²) >= 11 is 0. The first-order valence-electron chi connectivity index (χ1n) is 6.58. The molecule has 19 heavy (non-hydrogen) atoms. The molecule has 0 aliphatic heterocycles. The number of benzene rings is 1. The minimum absolute atomic E-state index is 0.0596. The number of hydrogen-bond acceptors (Lipinski definition) is 3. The zero-order valence-electron chi connectivity index (χ0n) is 11.2. The van der Waals surface area contributed by atoms with Crippen LogP contribution >= 0.6 is 0 Å². The highest BCUT2D eigenvalue weighted by Crippen LogP contribution is 2.11. The fraction of sp³-hybridized carbons (Fsp3) is 0.467. The van der Waals surface area contributed by atoms with Crippen molar-refractivity contribution in [2.45, 2.75) is 39.0 Å². The number of unbranched alkanes of at least 4 members (excludes halogenated alkanes) is 2. The molecule has 0 aromatic heterocycles. The van der Waals surface area contributed by atoms with Gasteiger partial charge in [-0.15, -0.1) is 0 Å². The summed E-state index contributed by atoms with van der Waals surface area (Å²) in [6.45, 7) is 2.17. The molecule has 4 heteroatoms. The topological polar surface area (TPSA) is 43.4 Å². The summed E-state index contributed by atoms with van der Waals surface area (Å²) in [6, 6.07) is 5.71. The van der Waals surface area contributed by atoms with Crippen LogP contribution in [0.2, 0.25) is 0 Å². The average Bonchev–Trinajstić information content (AvgIpc) is 2.38. The zero-order valence-corrected chi connectivity index (χ0v) is 11.2. The van der Waals surface area contributed by atoms with Gasteiger partial charge in [0.05, 0.1) is 6.61 Å². The van der Waals surface area contributed by atoms with Gasteiger partial charge >= 0.3 is 5.97 Å². The molecule has 104 valence electrons. The van der Waals surface area contributed by atoms with Gasteiger partial charge in [-0.25, -0.2) is 4.39 Å². The average molecular weight is 266 g/mol. The quantitative estimate of drug-likeness (QED) is 0.411. The standard InChI is InChI=1S/C15H19FO3/c1-2-19-15(18)10-5-3-4-9-14(17)12-7-6-8-13(16)11-12/h6-8,11H,2-5,9-10H2,1H3. The number of ketones is 1. The van der Waals surface area contributed by atoms with Gasteiger partial charge in [-0.3, -0.25) is 9.59 Å². The normalized spacial score (nSPS) is 10.2. The van der Waals surface area contributed by atoms with E-state index in [1.54, 1.807) is 13.0 Å². The molecule has 0 aliphatic carbocycles. The maximum atomic E-state index is 12.9. The molecule has 0 heterocycles. The Morgan fingerprint density at radius 1 is 1.16 bits per heavy atom. The van der Waals surface area contributed by atoms with E-state index in [2.05, 4.69) is 0 Å². The first kappa shape index (κ1) is 15.3. The summed E-state index contributed by atoms with van der Waals surface area (Å²) in [5.74, 6) is -0.650. The molecule has 0 amide bonds. The molecule has 0 radical (unpaired) electrons. The third-order valence-corrected chi connectivity index (χ3v) is 2.74. The van der Waals surface area contributed by atoms with Crippen LogP contribution in [0.1, 0.15) is 49.4 Å². The van der Waals surface area contributed by atoms with Crippen LogP contribution in [0.3, 0.4) is 0 Å². The second-order valence-corrected chi connectivity index (χ2v) is 4.30. The van der Waals surface area contributed by atoms with Crippen molar-refractivity contribution in [2.75, 3.05) is 6.61 Å². The summed E-state index contributed by atoms with van der Waals surface area (Å²) < 4.78 is 17.7. The van der Waals surface area contributed by atoms with Crippen molar-refractivity contribution >= 4 is 11.8 Å². The van der Waals surface area contributed by atoms with Gasteiger partial charge in [-0.05, 0) is 31.9 Å². The Morgan fingerprint density at radius 3 is 2.58 bits per heavy atom. The predicted octanol–water partition coefficient (Wildman–Crippen LogP) is 3.52. The van der Waals surface area contributed by atoms with Crippen molar-refractivity contribution in [1.29, 1.82) is 0 Å². The van der Waals surface area contributed by atoms with Gasteiger partial charge in [0.1, 0.15) is 5.82 Å². The Morgan fingerprint density at radius 2 is 1.89 bits per heavy atom. The highest BCUT2D eigenvalue weighted by molar-refractivity contribution is 5.95. The van der Waals surface area contributed by atoms with Crippen molar-refractivity contribution in [3.8, 4) is 0 Å². The molecule has 0 fully saturated rings. The summed E-state index contributed by atoms with van der Waals surface area (Å²) in [7, 11) is 0. The van der Waals surface area contributed by atoms with Crippen molar-refractivity contribution in [3.05, 3.63) is 35.6 Å². The van der Waals surface area contributed by atoms with E-state index in [4.69, 9.17) is 4.74 Å². The lowest BCUT2D eigenvalue weighted by Crippen LogP contribution is -2.03. The van der Waals surface area contributed by atoms with Crippen molar-refractivity contribution in [2.24, 2.45) is 0 Å². The van der Waals surface area contributed by atoms with E-state index in [1.807, 2.05) is 0 Å². The zero-order chi connectivity index (χ0) is 14.1. The number of rotatable bonds is 8. The maximum absolute atomic E-state index is 12.9.